The second-order valence-corrected chi connectivity index (χ2v) is 2.08. The van der Waals surface area contributed by atoms with Crippen LogP contribution in [0, 0.1) is 6.92 Å². The standard InChI is InChI=1S/C5H7N3.C2H4O2/c1-4-2-3-7-5(6)8-4;1-2(3)4/h2-3H,1H3,(H2,6,7,8);1H3,(H,3,4). The molecule has 0 bridgehead atoms. The molecule has 0 aromatic carbocycles. The lowest BCUT2D eigenvalue weighted by molar-refractivity contribution is -0.134. The van der Waals surface area contributed by atoms with Crippen LogP contribution < -0.4 is 5.73 Å². The molecular weight excluding hydrogens is 158 g/mol. The summed E-state index contributed by atoms with van der Waals surface area (Å²) in [7, 11) is 0. The molecule has 3 N–H and O–H groups in total. The highest BCUT2D eigenvalue weighted by molar-refractivity contribution is 5.62. The van der Waals surface area contributed by atoms with Crippen LogP contribution in [0.25, 0.3) is 0 Å². The molecule has 0 unspecified atom stereocenters. The van der Waals surface area contributed by atoms with Crippen LogP contribution >= 0.6 is 0 Å². The van der Waals surface area contributed by atoms with E-state index in [9.17, 15) is 0 Å². The first-order chi connectivity index (χ1) is 5.52. The first-order valence-corrected chi connectivity index (χ1v) is 3.27. The molecule has 0 spiro atoms. The van der Waals surface area contributed by atoms with E-state index in [4.69, 9.17) is 15.6 Å². The highest BCUT2D eigenvalue weighted by atomic mass is 16.4. The van der Waals surface area contributed by atoms with Crippen molar-refractivity contribution in [3.05, 3.63) is 18.0 Å². The maximum atomic E-state index is 9.00. The first kappa shape index (κ1) is 10.3. The van der Waals surface area contributed by atoms with Gasteiger partial charge in [-0.3, -0.25) is 4.79 Å². The van der Waals surface area contributed by atoms with Gasteiger partial charge in [-0.25, -0.2) is 9.97 Å². The van der Waals surface area contributed by atoms with Crippen LogP contribution in [0.4, 0.5) is 5.95 Å². The minimum Gasteiger partial charge on any atom is -0.481 e. The molecule has 1 heterocycles. The van der Waals surface area contributed by atoms with E-state index in [0.717, 1.165) is 12.6 Å². The molecule has 0 atom stereocenters. The molecule has 1 rings (SSSR count). The van der Waals surface area contributed by atoms with Crippen molar-refractivity contribution in [3.63, 3.8) is 0 Å². The fourth-order valence-corrected chi connectivity index (χ4v) is 0.468. The quantitative estimate of drug-likeness (QED) is 0.588. The second-order valence-electron chi connectivity index (χ2n) is 2.08. The van der Waals surface area contributed by atoms with E-state index in [1.807, 2.05) is 6.92 Å². The number of hydrogen-bond donors (Lipinski definition) is 2. The van der Waals surface area contributed by atoms with Crippen molar-refractivity contribution in [2.45, 2.75) is 13.8 Å². The van der Waals surface area contributed by atoms with E-state index >= 15 is 0 Å². The Bertz CT molecular complexity index is 241. The fourth-order valence-electron chi connectivity index (χ4n) is 0.468. The van der Waals surface area contributed by atoms with Crippen LogP contribution in [0.2, 0.25) is 0 Å². The number of carboxylic acids is 1. The molecule has 0 aliphatic carbocycles. The van der Waals surface area contributed by atoms with Crippen molar-refractivity contribution in [3.8, 4) is 0 Å². The molecular formula is C7H11N3O2. The fraction of sp³-hybridized carbons (Fsp3) is 0.286. The number of carbonyl (C=O) groups is 1. The average molecular weight is 169 g/mol. The minimum atomic E-state index is -0.833. The summed E-state index contributed by atoms with van der Waals surface area (Å²) >= 11 is 0. The van der Waals surface area contributed by atoms with Gasteiger partial charge in [-0.05, 0) is 13.0 Å². The SMILES string of the molecule is CC(=O)O.Cc1ccnc(N)n1. The van der Waals surface area contributed by atoms with Crippen LogP contribution in [0.3, 0.4) is 0 Å². The van der Waals surface area contributed by atoms with Gasteiger partial charge in [0.2, 0.25) is 5.95 Å². The highest BCUT2D eigenvalue weighted by Gasteiger charge is 1.84. The number of aryl methyl sites for hydroxylation is 1. The van der Waals surface area contributed by atoms with E-state index < -0.39 is 5.97 Å². The molecule has 12 heavy (non-hydrogen) atoms. The lowest BCUT2D eigenvalue weighted by Crippen LogP contribution is -1.93. The van der Waals surface area contributed by atoms with E-state index in [1.165, 1.54) is 0 Å². The third-order valence-electron chi connectivity index (χ3n) is 0.813. The molecule has 66 valence electrons. The van der Waals surface area contributed by atoms with Gasteiger partial charge in [0.15, 0.2) is 0 Å². The summed E-state index contributed by atoms with van der Waals surface area (Å²) in [6.45, 7) is 2.96. The van der Waals surface area contributed by atoms with Gasteiger partial charge < -0.3 is 10.8 Å². The smallest absolute Gasteiger partial charge is 0.300 e. The zero-order valence-electron chi connectivity index (χ0n) is 6.98. The third-order valence-corrected chi connectivity index (χ3v) is 0.813. The monoisotopic (exact) mass is 169 g/mol. The number of nitrogens with zero attached hydrogens (tertiary/aromatic N) is 2. The van der Waals surface area contributed by atoms with Crippen LogP contribution in [0.15, 0.2) is 12.3 Å². The van der Waals surface area contributed by atoms with Crippen LogP contribution in [0.1, 0.15) is 12.6 Å². The Kier molecular flexibility index (Phi) is 4.36. The zero-order chi connectivity index (χ0) is 9.56. The largest absolute Gasteiger partial charge is 0.481 e. The Morgan fingerprint density at radius 1 is 1.67 bits per heavy atom. The summed E-state index contributed by atoms with van der Waals surface area (Å²) in [5.74, 6) is -0.495. The third kappa shape index (κ3) is 6.47. The molecule has 5 heteroatoms. The summed E-state index contributed by atoms with van der Waals surface area (Å²) in [4.78, 5) is 16.5. The predicted molar refractivity (Wildman–Crippen MR) is 44.5 cm³/mol. The molecule has 0 fully saturated rings. The maximum absolute atomic E-state index is 9.00. The Hall–Kier alpha value is -1.65. The molecule has 1 aromatic heterocycles. The summed E-state index contributed by atoms with van der Waals surface area (Å²) in [5.41, 5.74) is 6.14. The Balaban J connectivity index is 0.000000261. The predicted octanol–water partition coefficient (Wildman–Crippen LogP) is 0.458. The number of anilines is 1. The van der Waals surface area contributed by atoms with Crippen molar-refractivity contribution in [2.75, 3.05) is 5.73 Å². The van der Waals surface area contributed by atoms with Gasteiger partial charge in [-0.2, -0.15) is 0 Å². The lowest BCUT2D eigenvalue weighted by Gasteiger charge is -1.89. The Labute approximate surface area is 70.3 Å². The summed E-state index contributed by atoms with van der Waals surface area (Å²) in [5, 5.41) is 7.42. The molecule has 0 aliphatic heterocycles. The topological polar surface area (TPSA) is 89.1 Å². The molecule has 1 aromatic rings. The first-order valence-electron chi connectivity index (χ1n) is 3.27. The van der Waals surface area contributed by atoms with Gasteiger partial charge in [0.05, 0.1) is 0 Å². The molecule has 0 aliphatic rings. The van der Waals surface area contributed by atoms with E-state index in [1.54, 1.807) is 12.3 Å². The molecule has 5 nitrogen and oxygen atoms in total. The van der Waals surface area contributed by atoms with Crippen molar-refractivity contribution in [1.82, 2.24) is 9.97 Å². The van der Waals surface area contributed by atoms with Gasteiger partial charge >= 0.3 is 0 Å². The molecule has 0 saturated heterocycles. The zero-order valence-corrected chi connectivity index (χ0v) is 6.98. The number of carboxylic acid groups (broad SMARTS) is 1. The van der Waals surface area contributed by atoms with Gasteiger partial charge in [0, 0.05) is 18.8 Å². The summed E-state index contributed by atoms with van der Waals surface area (Å²) < 4.78 is 0. The molecule has 0 saturated carbocycles. The number of nitrogens with two attached hydrogens (primary N) is 1. The molecule has 0 radical (unpaired) electrons. The van der Waals surface area contributed by atoms with Crippen LogP contribution in [0.5, 0.6) is 0 Å². The van der Waals surface area contributed by atoms with E-state index in [0.29, 0.717) is 5.95 Å². The molecule has 0 amide bonds. The van der Waals surface area contributed by atoms with Gasteiger partial charge in [0.25, 0.3) is 5.97 Å². The average Bonchev–Trinajstić information content (AvgIpc) is 1.84. The Morgan fingerprint density at radius 3 is 2.42 bits per heavy atom. The number of aliphatic carboxylic acids is 1. The van der Waals surface area contributed by atoms with Gasteiger partial charge in [-0.1, -0.05) is 0 Å². The minimum absolute atomic E-state index is 0.338. The van der Waals surface area contributed by atoms with Crippen LogP contribution in [-0.4, -0.2) is 21.0 Å². The highest BCUT2D eigenvalue weighted by Crippen LogP contribution is 1.91. The van der Waals surface area contributed by atoms with Crippen molar-refractivity contribution >= 4 is 11.9 Å². The number of aromatic nitrogens is 2. The van der Waals surface area contributed by atoms with Gasteiger partial charge in [-0.15, -0.1) is 0 Å². The van der Waals surface area contributed by atoms with Crippen molar-refractivity contribution in [2.24, 2.45) is 0 Å². The second kappa shape index (κ2) is 5.06. The normalized spacial score (nSPS) is 8.17. The number of rotatable bonds is 0. The van der Waals surface area contributed by atoms with Crippen molar-refractivity contribution in [1.29, 1.82) is 0 Å². The van der Waals surface area contributed by atoms with Crippen LogP contribution in [-0.2, 0) is 4.79 Å². The van der Waals surface area contributed by atoms with Crippen molar-refractivity contribution < 1.29 is 9.90 Å². The number of nitrogen functional groups attached to an aromatic ring is 1. The van der Waals surface area contributed by atoms with Gasteiger partial charge in [0.1, 0.15) is 0 Å². The van der Waals surface area contributed by atoms with E-state index in [-0.39, 0.29) is 0 Å². The maximum Gasteiger partial charge on any atom is 0.300 e. The Morgan fingerprint density at radius 2 is 2.17 bits per heavy atom. The number of hydrogen-bond acceptors (Lipinski definition) is 4. The summed E-state index contributed by atoms with van der Waals surface area (Å²) in [6.07, 6.45) is 1.64. The summed E-state index contributed by atoms with van der Waals surface area (Å²) in [6, 6.07) is 1.80. The van der Waals surface area contributed by atoms with E-state index in [2.05, 4.69) is 9.97 Å². The lowest BCUT2D eigenvalue weighted by atomic mass is 10.5.